The van der Waals surface area contributed by atoms with Crippen LogP contribution in [0.5, 0.6) is 0 Å². The van der Waals surface area contributed by atoms with Crippen molar-refractivity contribution in [1.82, 2.24) is 9.38 Å². The second-order valence-electron chi connectivity index (χ2n) is 4.52. The molecule has 1 aromatic carbocycles. The van der Waals surface area contributed by atoms with Crippen LogP contribution in [0.25, 0.3) is 5.65 Å². The lowest BCUT2D eigenvalue weighted by atomic mass is 10.3. The second kappa shape index (κ2) is 4.97. The van der Waals surface area contributed by atoms with E-state index < -0.39 is 0 Å². The third-order valence-electron chi connectivity index (χ3n) is 2.97. The molecule has 0 aliphatic rings. The number of aryl methyl sites for hydroxylation is 1. The normalized spacial score (nSPS) is 11.0. The number of hydrogen-bond acceptors (Lipinski definition) is 3. The van der Waals surface area contributed by atoms with E-state index in [2.05, 4.69) is 34.6 Å². The summed E-state index contributed by atoms with van der Waals surface area (Å²) in [5.41, 5.74) is 9.89. The molecule has 19 heavy (non-hydrogen) atoms. The fraction of sp³-hybridized carbons (Fsp3) is 0.133. The molecule has 2 heterocycles. The zero-order valence-corrected chi connectivity index (χ0v) is 11.5. The molecule has 0 saturated heterocycles. The van der Waals surface area contributed by atoms with Crippen LogP contribution in [0.1, 0.15) is 11.3 Å². The van der Waals surface area contributed by atoms with E-state index in [0.717, 1.165) is 22.8 Å². The number of rotatable bonds is 3. The highest BCUT2D eigenvalue weighted by Crippen LogP contribution is 2.24. The van der Waals surface area contributed by atoms with Gasteiger partial charge in [-0.2, -0.15) is 0 Å². The smallest absolute Gasteiger partial charge is 0.139 e. The summed E-state index contributed by atoms with van der Waals surface area (Å²) in [5, 5.41) is 0. The van der Waals surface area contributed by atoms with Crippen LogP contribution in [0.15, 0.2) is 53.7 Å². The molecule has 0 unspecified atom stereocenters. The molecule has 2 aromatic heterocycles. The summed E-state index contributed by atoms with van der Waals surface area (Å²) in [6.07, 6.45) is 4.12. The minimum Gasteiger partial charge on any atom is -0.399 e. The first-order valence-electron chi connectivity index (χ1n) is 6.14. The van der Waals surface area contributed by atoms with Crippen molar-refractivity contribution in [1.29, 1.82) is 0 Å². The van der Waals surface area contributed by atoms with E-state index in [1.807, 2.05) is 30.5 Å². The summed E-state index contributed by atoms with van der Waals surface area (Å²) in [5.74, 6) is 0.852. The van der Waals surface area contributed by atoms with Crippen molar-refractivity contribution < 1.29 is 0 Å². The van der Waals surface area contributed by atoms with Crippen LogP contribution in [-0.4, -0.2) is 9.38 Å². The molecule has 0 radical (unpaired) electrons. The average molecular weight is 269 g/mol. The molecular formula is C15H15N3S. The van der Waals surface area contributed by atoms with Gasteiger partial charge in [0.1, 0.15) is 5.65 Å². The van der Waals surface area contributed by atoms with Gasteiger partial charge in [0.15, 0.2) is 0 Å². The lowest BCUT2D eigenvalue weighted by Crippen LogP contribution is -1.85. The van der Waals surface area contributed by atoms with Crippen LogP contribution in [0.2, 0.25) is 0 Å². The van der Waals surface area contributed by atoms with Gasteiger partial charge in [0, 0.05) is 28.7 Å². The summed E-state index contributed by atoms with van der Waals surface area (Å²) < 4.78 is 2.07. The van der Waals surface area contributed by atoms with Crippen molar-refractivity contribution in [3.8, 4) is 0 Å². The van der Waals surface area contributed by atoms with Gasteiger partial charge in [-0.3, -0.25) is 0 Å². The number of nitrogen functional groups attached to an aromatic ring is 1. The van der Waals surface area contributed by atoms with Crippen LogP contribution in [0.4, 0.5) is 5.69 Å². The van der Waals surface area contributed by atoms with E-state index in [4.69, 9.17) is 5.73 Å². The van der Waals surface area contributed by atoms with E-state index in [0.29, 0.717) is 0 Å². The highest BCUT2D eigenvalue weighted by atomic mass is 32.2. The monoisotopic (exact) mass is 269 g/mol. The summed E-state index contributed by atoms with van der Waals surface area (Å²) in [6.45, 7) is 2.08. The van der Waals surface area contributed by atoms with E-state index in [1.54, 1.807) is 11.8 Å². The fourth-order valence-electron chi connectivity index (χ4n) is 2.04. The van der Waals surface area contributed by atoms with Crippen LogP contribution >= 0.6 is 11.8 Å². The first kappa shape index (κ1) is 12.1. The molecule has 0 fully saturated rings. The standard InChI is InChI=1S/C15H15N3S/c1-11-4-3-7-18-9-13(17-15(11)18)10-19-14-6-2-5-12(16)8-14/h2-9H,10,16H2,1H3. The molecule has 0 aliphatic heterocycles. The number of fused-ring (bicyclic) bond motifs is 1. The zero-order chi connectivity index (χ0) is 13.2. The number of pyridine rings is 1. The number of thioether (sulfide) groups is 1. The van der Waals surface area contributed by atoms with Crippen LogP contribution in [0, 0.1) is 6.92 Å². The largest absolute Gasteiger partial charge is 0.399 e. The number of aromatic nitrogens is 2. The fourth-order valence-corrected chi connectivity index (χ4v) is 2.88. The van der Waals surface area contributed by atoms with E-state index in [9.17, 15) is 0 Å². The summed E-state index contributed by atoms with van der Waals surface area (Å²) in [7, 11) is 0. The maximum absolute atomic E-state index is 5.78. The van der Waals surface area contributed by atoms with Gasteiger partial charge in [0.25, 0.3) is 0 Å². The van der Waals surface area contributed by atoms with Gasteiger partial charge >= 0.3 is 0 Å². The maximum Gasteiger partial charge on any atom is 0.139 e. The number of anilines is 1. The Morgan fingerprint density at radius 3 is 2.95 bits per heavy atom. The van der Waals surface area contributed by atoms with Crippen molar-refractivity contribution >= 4 is 23.1 Å². The van der Waals surface area contributed by atoms with Gasteiger partial charge in [-0.05, 0) is 36.8 Å². The van der Waals surface area contributed by atoms with Crippen molar-refractivity contribution in [2.45, 2.75) is 17.6 Å². The minimum atomic E-state index is 0.802. The van der Waals surface area contributed by atoms with E-state index in [1.165, 1.54) is 10.5 Å². The molecule has 0 bridgehead atoms. The highest BCUT2D eigenvalue weighted by molar-refractivity contribution is 7.98. The summed E-state index contributed by atoms with van der Waals surface area (Å²) in [6, 6.07) is 12.1. The number of benzene rings is 1. The molecule has 0 aliphatic carbocycles. The SMILES string of the molecule is Cc1cccn2cc(CSc3cccc(N)c3)nc12. The lowest BCUT2D eigenvalue weighted by Gasteiger charge is -2.00. The zero-order valence-electron chi connectivity index (χ0n) is 10.7. The van der Waals surface area contributed by atoms with E-state index in [-0.39, 0.29) is 0 Å². The van der Waals surface area contributed by atoms with Gasteiger partial charge in [-0.1, -0.05) is 12.1 Å². The Balaban J connectivity index is 1.80. The van der Waals surface area contributed by atoms with Crippen molar-refractivity contribution in [2.75, 3.05) is 5.73 Å². The topological polar surface area (TPSA) is 43.3 Å². The molecule has 4 heteroatoms. The molecule has 3 rings (SSSR count). The molecule has 0 saturated carbocycles. The number of nitrogens with zero attached hydrogens (tertiary/aromatic N) is 2. The molecule has 96 valence electrons. The molecule has 2 N–H and O–H groups in total. The third kappa shape index (κ3) is 2.58. The Hall–Kier alpha value is -1.94. The Labute approximate surface area is 116 Å². The van der Waals surface area contributed by atoms with Gasteiger partial charge in [0.2, 0.25) is 0 Å². The quantitative estimate of drug-likeness (QED) is 0.584. The van der Waals surface area contributed by atoms with Crippen LogP contribution in [0.3, 0.4) is 0 Å². The Morgan fingerprint density at radius 2 is 2.16 bits per heavy atom. The molecular weight excluding hydrogens is 254 g/mol. The summed E-state index contributed by atoms with van der Waals surface area (Å²) in [4.78, 5) is 5.84. The van der Waals surface area contributed by atoms with Crippen LogP contribution in [-0.2, 0) is 5.75 Å². The van der Waals surface area contributed by atoms with E-state index >= 15 is 0 Å². The van der Waals surface area contributed by atoms with Crippen LogP contribution < -0.4 is 5.73 Å². The lowest BCUT2D eigenvalue weighted by molar-refractivity contribution is 1.16. The Bertz CT molecular complexity index is 718. The predicted octanol–water partition coefficient (Wildman–Crippen LogP) is 3.52. The predicted molar refractivity (Wildman–Crippen MR) is 80.3 cm³/mol. The van der Waals surface area contributed by atoms with Gasteiger partial charge in [0.05, 0.1) is 5.69 Å². The maximum atomic E-state index is 5.78. The first-order valence-corrected chi connectivity index (χ1v) is 7.12. The molecule has 0 spiro atoms. The van der Waals surface area contributed by atoms with Gasteiger partial charge in [-0.25, -0.2) is 4.98 Å². The summed E-state index contributed by atoms with van der Waals surface area (Å²) >= 11 is 1.75. The molecule has 3 aromatic rings. The average Bonchev–Trinajstić information content (AvgIpc) is 2.81. The van der Waals surface area contributed by atoms with Crippen molar-refractivity contribution in [2.24, 2.45) is 0 Å². The Morgan fingerprint density at radius 1 is 1.26 bits per heavy atom. The number of nitrogens with two attached hydrogens (primary N) is 1. The Kier molecular flexibility index (Phi) is 3.17. The second-order valence-corrected chi connectivity index (χ2v) is 5.56. The van der Waals surface area contributed by atoms with Crippen molar-refractivity contribution in [3.63, 3.8) is 0 Å². The third-order valence-corrected chi connectivity index (χ3v) is 4.00. The van der Waals surface area contributed by atoms with Crippen molar-refractivity contribution in [3.05, 3.63) is 60.0 Å². The van der Waals surface area contributed by atoms with Gasteiger partial charge in [-0.15, -0.1) is 11.8 Å². The van der Waals surface area contributed by atoms with Gasteiger partial charge < -0.3 is 10.1 Å². The first-order chi connectivity index (χ1) is 9.22. The molecule has 3 nitrogen and oxygen atoms in total. The molecule has 0 atom stereocenters. The molecule has 0 amide bonds. The number of imidazole rings is 1. The minimum absolute atomic E-state index is 0.802. The highest BCUT2D eigenvalue weighted by Gasteiger charge is 2.04. The number of hydrogen-bond donors (Lipinski definition) is 1.